The van der Waals surface area contributed by atoms with Crippen LogP contribution in [-0.4, -0.2) is 11.5 Å². The normalized spacial score (nSPS) is 16.0. The quantitative estimate of drug-likeness (QED) is 0.166. The minimum Gasteiger partial charge on any atom is -0.455 e. The Morgan fingerprint density at radius 3 is 1.93 bits per heavy atom. The second-order valence-electron chi connectivity index (χ2n) is 14.8. The Bertz CT molecular complexity index is 3260. The van der Waals surface area contributed by atoms with Gasteiger partial charge >= 0.3 is 0 Å². The van der Waals surface area contributed by atoms with Crippen LogP contribution in [0, 0.1) is 0 Å². The molecule has 11 rings (SSSR count). The van der Waals surface area contributed by atoms with E-state index in [0.717, 1.165) is 91.0 Å². The Morgan fingerprint density at radius 2 is 1.10 bits per heavy atom. The van der Waals surface area contributed by atoms with Crippen molar-refractivity contribution in [2.75, 3.05) is 0 Å². The van der Waals surface area contributed by atoms with Gasteiger partial charge in [-0.2, -0.15) is 0 Å². The van der Waals surface area contributed by atoms with Crippen molar-refractivity contribution in [3.05, 3.63) is 211 Å². The van der Waals surface area contributed by atoms with E-state index in [1.54, 1.807) is 0 Å². The number of nitrogens with zero attached hydrogens (tertiary/aromatic N) is 2. The second kappa shape index (κ2) is 14.4. The topological polar surface area (TPSA) is 37.9 Å². The maximum atomic E-state index is 6.74. The molecule has 58 heavy (non-hydrogen) atoms. The van der Waals surface area contributed by atoms with E-state index in [1.807, 2.05) is 23.5 Å². The van der Waals surface area contributed by atoms with E-state index in [-0.39, 0.29) is 0 Å². The van der Waals surface area contributed by atoms with Crippen LogP contribution in [0.25, 0.3) is 81.2 Å². The molecular formula is C54H36N2OS. The standard InChI is InChI=1S/C54H36N2OS/c1-4-15-35(16-5-1)38-21-12-22-39(33-38)42-31-30-41(51-45-23-10-11-28-49(45)57-52(42)51)40-29-32-50-46(34-40)43-24-13-25-44(53(43)58-50)48-27-14-26-47(36-17-6-2-7-18-36)55-54(56-48)37-19-8-3-9-20-37/h1-13,15-25,27-34H,14,26H2/b48-27-,55-47+,56-54-. The molecular weight excluding hydrogens is 725 g/mol. The summed E-state index contributed by atoms with van der Waals surface area (Å²) in [4.78, 5) is 10.6. The van der Waals surface area contributed by atoms with Gasteiger partial charge in [0.1, 0.15) is 11.2 Å². The summed E-state index contributed by atoms with van der Waals surface area (Å²) in [6.07, 6.45) is 3.98. The number of hydrogen-bond acceptors (Lipinski definition) is 4. The molecule has 0 fully saturated rings. The molecule has 0 spiro atoms. The largest absolute Gasteiger partial charge is 0.455 e. The Balaban J connectivity index is 1.04. The zero-order chi connectivity index (χ0) is 38.4. The predicted octanol–water partition coefficient (Wildman–Crippen LogP) is 15.0. The Kier molecular flexibility index (Phi) is 8.49. The second-order valence-corrected chi connectivity index (χ2v) is 15.8. The van der Waals surface area contributed by atoms with E-state index in [4.69, 9.17) is 14.4 Å². The van der Waals surface area contributed by atoms with Gasteiger partial charge in [0.2, 0.25) is 0 Å². The van der Waals surface area contributed by atoms with Crippen LogP contribution in [0.4, 0.5) is 0 Å². The minimum atomic E-state index is 0.734. The van der Waals surface area contributed by atoms with Crippen LogP contribution >= 0.6 is 11.3 Å². The van der Waals surface area contributed by atoms with Crippen LogP contribution in [0.15, 0.2) is 209 Å². The first-order valence-corrected chi connectivity index (χ1v) is 20.6. The highest BCUT2D eigenvalue weighted by atomic mass is 32.1. The zero-order valence-electron chi connectivity index (χ0n) is 31.6. The molecule has 0 saturated carbocycles. The van der Waals surface area contributed by atoms with Crippen molar-refractivity contribution < 1.29 is 4.42 Å². The molecule has 0 radical (unpaired) electrons. The molecule has 0 N–H and O–H groups in total. The maximum Gasteiger partial charge on any atom is 0.160 e. The number of rotatable bonds is 6. The highest BCUT2D eigenvalue weighted by molar-refractivity contribution is 7.26. The van der Waals surface area contributed by atoms with Crippen LogP contribution in [0.2, 0.25) is 0 Å². The SMILES string of the molecule is C1=C(c2cccc3c2sc2ccc(-c4ccc(-c5cccc(-c6ccccc6)c5)c5oc6ccccc6c45)cc23)/N=C(c2ccccc2)\N=C(\c2ccccc2)CC\1. The molecule has 0 bridgehead atoms. The van der Waals surface area contributed by atoms with Crippen molar-refractivity contribution in [1.29, 1.82) is 0 Å². The van der Waals surface area contributed by atoms with Crippen LogP contribution in [0.5, 0.6) is 0 Å². The van der Waals surface area contributed by atoms with E-state index < -0.39 is 0 Å². The van der Waals surface area contributed by atoms with Crippen LogP contribution in [0.1, 0.15) is 29.5 Å². The fourth-order valence-corrected chi connectivity index (χ4v) is 9.61. The lowest BCUT2D eigenvalue weighted by Gasteiger charge is -2.13. The van der Waals surface area contributed by atoms with Crippen LogP contribution in [-0.2, 0) is 0 Å². The molecule has 1 aliphatic rings. The fourth-order valence-electron chi connectivity index (χ4n) is 8.40. The Morgan fingerprint density at radius 1 is 0.448 bits per heavy atom. The molecule has 0 amide bonds. The van der Waals surface area contributed by atoms with Gasteiger partial charge < -0.3 is 4.42 Å². The fraction of sp³-hybridized carbons (Fsp3) is 0.0370. The number of amidine groups is 1. The number of furan rings is 1. The van der Waals surface area contributed by atoms with Crippen molar-refractivity contribution in [3.63, 3.8) is 0 Å². The summed E-state index contributed by atoms with van der Waals surface area (Å²) in [6.45, 7) is 0. The predicted molar refractivity (Wildman–Crippen MR) is 246 cm³/mol. The lowest BCUT2D eigenvalue weighted by atomic mass is 9.93. The summed E-state index contributed by atoms with van der Waals surface area (Å²) in [5, 5.41) is 4.72. The highest BCUT2D eigenvalue weighted by Gasteiger charge is 2.20. The Hall–Kier alpha value is -7.14. The third kappa shape index (κ3) is 6.06. The lowest BCUT2D eigenvalue weighted by Crippen LogP contribution is -2.09. The average Bonchev–Trinajstić information content (AvgIpc) is 3.86. The van der Waals surface area contributed by atoms with Gasteiger partial charge in [0.05, 0.1) is 11.4 Å². The summed E-state index contributed by atoms with van der Waals surface area (Å²) in [5.74, 6) is 0.734. The van der Waals surface area contributed by atoms with Gasteiger partial charge in [0, 0.05) is 47.6 Å². The monoisotopic (exact) mass is 760 g/mol. The van der Waals surface area contributed by atoms with Gasteiger partial charge in [-0.05, 0) is 76.6 Å². The number of thiophene rings is 1. The summed E-state index contributed by atoms with van der Waals surface area (Å²) in [7, 11) is 0. The lowest BCUT2D eigenvalue weighted by molar-refractivity contribution is 0.670. The van der Waals surface area contributed by atoms with Gasteiger partial charge in [-0.15, -0.1) is 11.3 Å². The molecule has 3 heterocycles. The molecule has 0 aliphatic carbocycles. The zero-order valence-corrected chi connectivity index (χ0v) is 32.4. The molecule has 0 atom stereocenters. The molecule has 10 aromatic rings. The van der Waals surface area contributed by atoms with Crippen molar-refractivity contribution in [1.82, 2.24) is 0 Å². The van der Waals surface area contributed by atoms with E-state index in [1.165, 1.54) is 31.3 Å². The van der Waals surface area contributed by atoms with E-state index in [2.05, 4.69) is 182 Å². The van der Waals surface area contributed by atoms with Crippen LogP contribution < -0.4 is 0 Å². The summed E-state index contributed by atoms with van der Waals surface area (Å²) < 4.78 is 9.22. The minimum absolute atomic E-state index is 0.734. The van der Waals surface area contributed by atoms with Crippen molar-refractivity contribution >= 4 is 70.7 Å². The van der Waals surface area contributed by atoms with E-state index >= 15 is 0 Å². The third-order valence-corrected chi connectivity index (χ3v) is 12.4. The number of hydrogen-bond donors (Lipinski definition) is 0. The molecule has 0 saturated heterocycles. The summed E-state index contributed by atoms with van der Waals surface area (Å²) >= 11 is 1.83. The first-order chi connectivity index (χ1) is 28.7. The van der Waals surface area contributed by atoms with Gasteiger partial charge in [0.25, 0.3) is 0 Å². The van der Waals surface area contributed by atoms with Gasteiger partial charge in [-0.1, -0.05) is 164 Å². The Labute approximate surface area is 340 Å². The van der Waals surface area contributed by atoms with Gasteiger partial charge in [-0.25, -0.2) is 9.98 Å². The summed E-state index contributed by atoms with van der Waals surface area (Å²) in [5.41, 5.74) is 14.0. The van der Waals surface area contributed by atoms with Crippen LogP contribution in [0.3, 0.4) is 0 Å². The highest BCUT2D eigenvalue weighted by Crippen LogP contribution is 2.45. The number of benzene rings is 8. The van der Waals surface area contributed by atoms with Gasteiger partial charge in [-0.3, -0.25) is 0 Å². The van der Waals surface area contributed by atoms with Gasteiger partial charge in [0.15, 0.2) is 5.84 Å². The van der Waals surface area contributed by atoms with Crippen molar-refractivity contribution in [3.8, 4) is 33.4 Å². The molecule has 1 aliphatic heterocycles. The number of allylic oxidation sites excluding steroid dienone is 1. The molecule has 8 aromatic carbocycles. The van der Waals surface area contributed by atoms with E-state index in [9.17, 15) is 0 Å². The smallest absolute Gasteiger partial charge is 0.160 e. The number of fused-ring (bicyclic) bond motifs is 6. The summed E-state index contributed by atoms with van der Waals surface area (Å²) in [6, 6.07) is 66.6. The maximum absolute atomic E-state index is 6.74. The average molecular weight is 761 g/mol. The molecule has 4 heteroatoms. The number of para-hydroxylation sites is 1. The first kappa shape index (κ1) is 34.1. The third-order valence-electron chi connectivity index (χ3n) is 11.2. The van der Waals surface area contributed by atoms with Crippen molar-refractivity contribution in [2.45, 2.75) is 12.8 Å². The van der Waals surface area contributed by atoms with Crippen molar-refractivity contribution in [2.24, 2.45) is 9.98 Å². The van der Waals surface area contributed by atoms with E-state index in [0.29, 0.717) is 0 Å². The molecule has 274 valence electrons. The molecule has 2 aromatic heterocycles. The first-order valence-electron chi connectivity index (χ1n) is 19.8. The molecule has 0 unspecified atom stereocenters. The molecule has 3 nitrogen and oxygen atoms in total. The number of aliphatic imine (C=N–C) groups is 2.